The highest BCUT2D eigenvalue weighted by molar-refractivity contribution is 4.86. The number of nitrogens with zero attached hydrogens (tertiary/aromatic N) is 2. The van der Waals surface area contributed by atoms with Crippen LogP contribution in [-0.4, -0.2) is 49.6 Å². The second kappa shape index (κ2) is 2.89. The van der Waals surface area contributed by atoms with Crippen LogP contribution in [0.25, 0.3) is 0 Å². The Labute approximate surface area is 63.8 Å². The zero-order valence-corrected chi connectivity index (χ0v) is 7.46. The number of rotatable bonds is 1. The van der Waals surface area contributed by atoms with Crippen molar-refractivity contribution in [3.8, 4) is 0 Å². The van der Waals surface area contributed by atoms with E-state index >= 15 is 0 Å². The zero-order valence-electron chi connectivity index (χ0n) is 7.46. The largest absolute Gasteiger partial charge is 0.305 e. The molecule has 1 rings (SSSR count). The number of likely N-dealkylation sites (N-methyl/N-ethyl adjacent to an activating group) is 2. The molecule has 2 heteroatoms. The van der Waals surface area contributed by atoms with Gasteiger partial charge in [-0.3, -0.25) is 0 Å². The van der Waals surface area contributed by atoms with Crippen LogP contribution in [0.1, 0.15) is 13.3 Å². The van der Waals surface area contributed by atoms with Crippen molar-refractivity contribution >= 4 is 0 Å². The lowest BCUT2D eigenvalue weighted by Crippen LogP contribution is -2.38. The summed E-state index contributed by atoms with van der Waals surface area (Å²) < 4.78 is 0. The smallest absolute Gasteiger partial charge is 0.0254 e. The van der Waals surface area contributed by atoms with Crippen LogP contribution < -0.4 is 0 Å². The first-order valence-electron chi connectivity index (χ1n) is 3.99. The standard InChI is InChI=1S/C8H18N2/c1-7-8(9(2)3)5-6-10(7)4/h7-8H,5-6H2,1-4H3/t7-,8-/m1/s1. The van der Waals surface area contributed by atoms with Gasteiger partial charge in [-0.25, -0.2) is 0 Å². The van der Waals surface area contributed by atoms with Crippen LogP contribution in [0, 0.1) is 0 Å². The van der Waals surface area contributed by atoms with E-state index in [0.29, 0.717) is 0 Å². The summed E-state index contributed by atoms with van der Waals surface area (Å²) in [5, 5.41) is 0. The van der Waals surface area contributed by atoms with Crippen LogP contribution in [-0.2, 0) is 0 Å². The molecule has 1 saturated heterocycles. The molecule has 10 heavy (non-hydrogen) atoms. The quantitative estimate of drug-likeness (QED) is 0.530. The molecule has 0 amide bonds. The average molecular weight is 142 g/mol. The van der Waals surface area contributed by atoms with Gasteiger partial charge in [-0.15, -0.1) is 0 Å². The second-order valence-corrected chi connectivity index (χ2v) is 3.54. The van der Waals surface area contributed by atoms with Crippen molar-refractivity contribution in [1.82, 2.24) is 9.80 Å². The third-order valence-electron chi connectivity index (χ3n) is 2.69. The van der Waals surface area contributed by atoms with Crippen molar-refractivity contribution in [3.63, 3.8) is 0 Å². The molecule has 0 aromatic carbocycles. The van der Waals surface area contributed by atoms with Crippen LogP contribution in [0.5, 0.6) is 0 Å². The predicted octanol–water partition coefficient (Wildman–Crippen LogP) is 0.641. The Morgan fingerprint density at radius 2 is 2.00 bits per heavy atom. The molecule has 0 saturated carbocycles. The summed E-state index contributed by atoms with van der Waals surface area (Å²) in [6, 6.07) is 1.50. The maximum Gasteiger partial charge on any atom is 0.0254 e. The lowest BCUT2D eigenvalue weighted by atomic mass is 10.1. The monoisotopic (exact) mass is 142 g/mol. The van der Waals surface area contributed by atoms with Gasteiger partial charge in [0.05, 0.1) is 0 Å². The summed E-state index contributed by atoms with van der Waals surface area (Å²) >= 11 is 0. The lowest BCUT2D eigenvalue weighted by molar-refractivity contribution is 0.223. The summed E-state index contributed by atoms with van der Waals surface area (Å²) in [7, 11) is 6.54. The molecule has 1 aliphatic rings. The van der Waals surface area contributed by atoms with E-state index in [1.54, 1.807) is 0 Å². The maximum absolute atomic E-state index is 2.42. The molecule has 60 valence electrons. The van der Waals surface area contributed by atoms with Crippen LogP contribution in [0.4, 0.5) is 0 Å². The first kappa shape index (κ1) is 8.02. The molecule has 0 aromatic rings. The van der Waals surface area contributed by atoms with Crippen LogP contribution >= 0.6 is 0 Å². The molecule has 0 unspecified atom stereocenters. The van der Waals surface area contributed by atoms with Gasteiger partial charge in [0.15, 0.2) is 0 Å². The fraction of sp³-hybridized carbons (Fsp3) is 1.00. The van der Waals surface area contributed by atoms with Crippen molar-refractivity contribution in [1.29, 1.82) is 0 Å². The van der Waals surface area contributed by atoms with Crippen molar-refractivity contribution in [2.45, 2.75) is 25.4 Å². The molecule has 2 nitrogen and oxygen atoms in total. The van der Waals surface area contributed by atoms with Gasteiger partial charge in [-0.1, -0.05) is 0 Å². The van der Waals surface area contributed by atoms with Gasteiger partial charge in [-0.05, 0) is 41.0 Å². The van der Waals surface area contributed by atoms with Crippen molar-refractivity contribution in [2.24, 2.45) is 0 Å². The number of hydrogen-bond donors (Lipinski definition) is 0. The predicted molar refractivity (Wildman–Crippen MR) is 44.2 cm³/mol. The molecule has 1 aliphatic heterocycles. The molecule has 0 spiro atoms. The van der Waals surface area contributed by atoms with Gasteiger partial charge in [0.2, 0.25) is 0 Å². The highest BCUT2D eigenvalue weighted by Crippen LogP contribution is 2.18. The number of likely N-dealkylation sites (tertiary alicyclic amines) is 1. The fourth-order valence-corrected chi connectivity index (χ4v) is 1.76. The molecule has 1 fully saturated rings. The molecular formula is C8H18N2. The van der Waals surface area contributed by atoms with Crippen molar-refractivity contribution in [3.05, 3.63) is 0 Å². The first-order valence-corrected chi connectivity index (χ1v) is 3.99. The van der Waals surface area contributed by atoms with E-state index in [1.165, 1.54) is 13.0 Å². The molecule has 0 radical (unpaired) electrons. The summed E-state index contributed by atoms with van der Waals surface area (Å²) in [5.41, 5.74) is 0. The van der Waals surface area contributed by atoms with Gasteiger partial charge in [0.25, 0.3) is 0 Å². The lowest BCUT2D eigenvalue weighted by Gasteiger charge is -2.25. The van der Waals surface area contributed by atoms with Crippen molar-refractivity contribution in [2.75, 3.05) is 27.7 Å². The van der Waals surface area contributed by atoms with Gasteiger partial charge < -0.3 is 9.80 Å². The molecule has 0 bridgehead atoms. The topological polar surface area (TPSA) is 6.48 Å². The van der Waals surface area contributed by atoms with E-state index in [4.69, 9.17) is 0 Å². The SMILES string of the molecule is C[C@@H]1[C@H](N(C)C)CCN1C. The Balaban J connectivity index is 2.49. The Hall–Kier alpha value is -0.0800. The van der Waals surface area contributed by atoms with Crippen LogP contribution in [0.3, 0.4) is 0 Å². The molecule has 0 aliphatic carbocycles. The van der Waals surface area contributed by atoms with Crippen LogP contribution in [0.2, 0.25) is 0 Å². The highest BCUT2D eigenvalue weighted by atomic mass is 15.2. The minimum Gasteiger partial charge on any atom is -0.305 e. The third-order valence-corrected chi connectivity index (χ3v) is 2.69. The molecular weight excluding hydrogens is 124 g/mol. The fourth-order valence-electron chi connectivity index (χ4n) is 1.76. The van der Waals surface area contributed by atoms with E-state index in [0.717, 1.165) is 12.1 Å². The van der Waals surface area contributed by atoms with E-state index < -0.39 is 0 Å². The van der Waals surface area contributed by atoms with Gasteiger partial charge in [0, 0.05) is 12.1 Å². The average Bonchev–Trinajstić information content (AvgIpc) is 2.14. The van der Waals surface area contributed by atoms with Gasteiger partial charge in [-0.2, -0.15) is 0 Å². The Morgan fingerprint density at radius 1 is 1.40 bits per heavy atom. The maximum atomic E-state index is 2.42. The summed E-state index contributed by atoms with van der Waals surface area (Å²) in [5.74, 6) is 0. The van der Waals surface area contributed by atoms with Crippen LogP contribution in [0.15, 0.2) is 0 Å². The first-order chi connectivity index (χ1) is 4.63. The highest BCUT2D eigenvalue weighted by Gasteiger charge is 2.28. The second-order valence-electron chi connectivity index (χ2n) is 3.54. The molecule has 1 heterocycles. The zero-order chi connectivity index (χ0) is 7.72. The minimum absolute atomic E-state index is 0.731. The molecule has 0 aromatic heterocycles. The molecule has 2 atom stereocenters. The van der Waals surface area contributed by atoms with Crippen molar-refractivity contribution < 1.29 is 0 Å². The Morgan fingerprint density at radius 3 is 2.20 bits per heavy atom. The Kier molecular flexibility index (Phi) is 2.32. The summed E-state index contributed by atoms with van der Waals surface area (Å²) in [6.45, 7) is 3.56. The van der Waals surface area contributed by atoms with Gasteiger partial charge >= 0.3 is 0 Å². The Bertz CT molecular complexity index is 112. The van der Waals surface area contributed by atoms with Gasteiger partial charge in [0.1, 0.15) is 0 Å². The van der Waals surface area contributed by atoms with E-state index in [9.17, 15) is 0 Å². The van der Waals surface area contributed by atoms with E-state index in [-0.39, 0.29) is 0 Å². The summed E-state index contributed by atoms with van der Waals surface area (Å²) in [6.07, 6.45) is 1.32. The third kappa shape index (κ3) is 1.32. The summed E-state index contributed by atoms with van der Waals surface area (Å²) in [4.78, 5) is 4.75. The van der Waals surface area contributed by atoms with E-state index in [1.807, 2.05) is 0 Å². The minimum atomic E-state index is 0.731. The normalized spacial score (nSPS) is 35.7. The molecule has 0 N–H and O–H groups in total. The van der Waals surface area contributed by atoms with E-state index in [2.05, 4.69) is 37.9 Å². The number of hydrogen-bond acceptors (Lipinski definition) is 2.